The molecule has 0 saturated carbocycles. The summed E-state index contributed by atoms with van der Waals surface area (Å²) in [6.45, 7) is 0.571. The molecule has 0 bridgehead atoms. The molecule has 0 aliphatic carbocycles. The molecule has 3 rings (SSSR count). The van der Waals surface area contributed by atoms with E-state index in [1.165, 1.54) is 11.8 Å². The first-order chi connectivity index (χ1) is 10.6. The second-order valence-electron chi connectivity index (χ2n) is 5.17. The lowest BCUT2D eigenvalue weighted by Gasteiger charge is -2.34. The Morgan fingerprint density at radius 2 is 1.86 bits per heavy atom. The van der Waals surface area contributed by atoms with Gasteiger partial charge in [0.1, 0.15) is 10.1 Å². The van der Waals surface area contributed by atoms with Gasteiger partial charge in [0.25, 0.3) is 0 Å². The average Bonchev–Trinajstić information content (AvgIpc) is 2.86. The molecule has 1 aliphatic heterocycles. The molecule has 0 aromatic heterocycles. The third-order valence-corrected chi connectivity index (χ3v) is 5.39. The fourth-order valence-electron chi connectivity index (χ4n) is 2.52. The van der Waals surface area contributed by atoms with Gasteiger partial charge in [0.05, 0.1) is 12.9 Å². The van der Waals surface area contributed by atoms with E-state index in [9.17, 15) is 5.11 Å². The monoisotopic (exact) mass is 331 g/mol. The molecular formula is C17H17NO2S2. The van der Waals surface area contributed by atoms with Crippen LogP contribution in [0.15, 0.2) is 54.6 Å². The number of aliphatic hydroxyl groups is 1. The SMILES string of the molecule is COc1ccc(CN2C(=S)SCC2(O)c2ccccc2)cc1. The Hall–Kier alpha value is -1.56. The fraction of sp³-hybridized carbons (Fsp3) is 0.235. The van der Waals surface area contributed by atoms with E-state index < -0.39 is 5.72 Å². The third kappa shape index (κ3) is 2.84. The molecule has 22 heavy (non-hydrogen) atoms. The Morgan fingerprint density at radius 1 is 1.18 bits per heavy atom. The number of ether oxygens (including phenoxy) is 1. The maximum atomic E-state index is 11.1. The lowest BCUT2D eigenvalue weighted by Crippen LogP contribution is -2.43. The Bertz CT molecular complexity index is 660. The number of rotatable bonds is 4. The predicted molar refractivity (Wildman–Crippen MR) is 93.9 cm³/mol. The van der Waals surface area contributed by atoms with Crippen molar-refractivity contribution < 1.29 is 9.84 Å². The van der Waals surface area contributed by atoms with Gasteiger partial charge in [-0.05, 0) is 17.7 Å². The summed E-state index contributed by atoms with van der Waals surface area (Å²) in [6, 6.07) is 17.5. The smallest absolute Gasteiger partial charge is 0.175 e. The molecule has 1 fully saturated rings. The van der Waals surface area contributed by atoms with Crippen LogP contribution in [0.5, 0.6) is 5.75 Å². The molecule has 0 radical (unpaired) electrons. The molecular weight excluding hydrogens is 314 g/mol. The molecule has 2 aromatic carbocycles. The van der Waals surface area contributed by atoms with Gasteiger partial charge in [-0.1, -0.05) is 66.4 Å². The van der Waals surface area contributed by atoms with Crippen molar-refractivity contribution in [1.82, 2.24) is 4.90 Å². The molecule has 1 N–H and O–H groups in total. The highest BCUT2D eigenvalue weighted by atomic mass is 32.2. The number of methoxy groups -OCH3 is 1. The van der Waals surface area contributed by atoms with Crippen molar-refractivity contribution >= 4 is 28.3 Å². The number of thioether (sulfide) groups is 1. The van der Waals surface area contributed by atoms with Crippen molar-refractivity contribution in [1.29, 1.82) is 0 Å². The average molecular weight is 331 g/mol. The van der Waals surface area contributed by atoms with Crippen LogP contribution in [0, 0.1) is 0 Å². The largest absolute Gasteiger partial charge is 0.497 e. The van der Waals surface area contributed by atoms with Gasteiger partial charge < -0.3 is 14.7 Å². The molecule has 2 aromatic rings. The number of hydrogen-bond acceptors (Lipinski definition) is 4. The van der Waals surface area contributed by atoms with Gasteiger partial charge in [0.2, 0.25) is 0 Å². The van der Waals surface area contributed by atoms with Crippen LogP contribution in [0.1, 0.15) is 11.1 Å². The van der Waals surface area contributed by atoms with Crippen LogP contribution in [0.4, 0.5) is 0 Å². The van der Waals surface area contributed by atoms with Gasteiger partial charge in [0, 0.05) is 12.1 Å². The highest BCUT2D eigenvalue weighted by Gasteiger charge is 2.43. The first-order valence-corrected chi connectivity index (χ1v) is 8.38. The predicted octanol–water partition coefficient (Wildman–Crippen LogP) is 3.37. The van der Waals surface area contributed by atoms with Gasteiger partial charge in [-0.3, -0.25) is 0 Å². The second-order valence-corrected chi connectivity index (χ2v) is 6.78. The van der Waals surface area contributed by atoms with Crippen molar-refractivity contribution in [2.75, 3.05) is 12.9 Å². The van der Waals surface area contributed by atoms with Crippen LogP contribution in [-0.4, -0.2) is 27.2 Å². The van der Waals surface area contributed by atoms with Crippen LogP contribution >= 0.6 is 24.0 Å². The van der Waals surface area contributed by atoms with E-state index in [0.29, 0.717) is 12.3 Å². The fourth-order valence-corrected chi connectivity index (χ4v) is 3.93. The minimum atomic E-state index is -1.05. The van der Waals surface area contributed by atoms with Crippen LogP contribution in [0.2, 0.25) is 0 Å². The van der Waals surface area contributed by atoms with Gasteiger partial charge >= 0.3 is 0 Å². The molecule has 1 heterocycles. The zero-order chi connectivity index (χ0) is 15.6. The van der Waals surface area contributed by atoms with Crippen molar-refractivity contribution in [3.05, 3.63) is 65.7 Å². The quantitative estimate of drug-likeness (QED) is 0.869. The standard InChI is InChI=1S/C17H17NO2S2/c1-20-15-9-7-13(8-10-15)11-18-16(21)22-12-17(18,19)14-5-3-2-4-6-14/h2-10,19H,11-12H2,1H3. The van der Waals surface area contributed by atoms with Crippen molar-refractivity contribution in [2.45, 2.75) is 12.3 Å². The van der Waals surface area contributed by atoms with Crippen LogP contribution in [0.25, 0.3) is 0 Å². The minimum Gasteiger partial charge on any atom is -0.497 e. The van der Waals surface area contributed by atoms with E-state index in [-0.39, 0.29) is 0 Å². The normalized spacial score (nSPS) is 21.2. The van der Waals surface area contributed by atoms with E-state index in [4.69, 9.17) is 17.0 Å². The molecule has 1 atom stereocenters. The lowest BCUT2D eigenvalue weighted by molar-refractivity contribution is -0.0508. The Labute approximate surface area is 139 Å². The molecule has 114 valence electrons. The number of hydrogen-bond donors (Lipinski definition) is 1. The molecule has 5 heteroatoms. The summed E-state index contributed by atoms with van der Waals surface area (Å²) in [6.07, 6.45) is 0. The first-order valence-electron chi connectivity index (χ1n) is 6.99. The molecule has 0 spiro atoms. The second kappa shape index (κ2) is 6.28. The van der Waals surface area contributed by atoms with Crippen molar-refractivity contribution in [3.8, 4) is 5.75 Å². The van der Waals surface area contributed by atoms with E-state index in [1.54, 1.807) is 7.11 Å². The Morgan fingerprint density at radius 3 is 2.50 bits per heavy atom. The molecule has 1 saturated heterocycles. The number of nitrogens with zero attached hydrogens (tertiary/aromatic N) is 1. The van der Waals surface area contributed by atoms with Crippen molar-refractivity contribution in [2.24, 2.45) is 0 Å². The summed E-state index contributed by atoms with van der Waals surface area (Å²) in [5.74, 6) is 1.37. The molecule has 0 amide bonds. The van der Waals surface area contributed by atoms with E-state index in [0.717, 1.165) is 21.2 Å². The highest BCUT2D eigenvalue weighted by molar-refractivity contribution is 8.23. The first kappa shape index (κ1) is 15.3. The number of thiocarbonyl (C=S) groups is 1. The summed E-state index contributed by atoms with van der Waals surface area (Å²) < 4.78 is 5.90. The van der Waals surface area contributed by atoms with Gasteiger partial charge in [-0.25, -0.2) is 0 Å². The molecule has 3 nitrogen and oxygen atoms in total. The number of benzene rings is 2. The maximum Gasteiger partial charge on any atom is 0.175 e. The van der Waals surface area contributed by atoms with Gasteiger partial charge in [-0.2, -0.15) is 0 Å². The maximum absolute atomic E-state index is 11.1. The summed E-state index contributed by atoms with van der Waals surface area (Å²) in [5, 5.41) is 11.1. The summed E-state index contributed by atoms with van der Waals surface area (Å²) >= 11 is 6.96. The van der Waals surface area contributed by atoms with Crippen LogP contribution < -0.4 is 4.74 Å². The topological polar surface area (TPSA) is 32.7 Å². The summed E-state index contributed by atoms with van der Waals surface area (Å²) in [5.41, 5.74) is 0.902. The van der Waals surface area contributed by atoms with E-state index in [2.05, 4.69) is 0 Å². The van der Waals surface area contributed by atoms with E-state index >= 15 is 0 Å². The van der Waals surface area contributed by atoms with Crippen LogP contribution in [0.3, 0.4) is 0 Å². The molecule has 1 unspecified atom stereocenters. The Kier molecular flexibility index (Phi) is 4.38. The van der Waals surface area contributed by atoms with Crippen LogP contribution in [-0.2, 0) is 12.3 Å². The third-order valence-electron chi connectivity index (χ3n) is 3.80. The lowest BCUT2D eigenvalue weighted by atomic mass is 10.0. The highest BCUT2D eigenvalue weighted by Crippen LogP contribution is 2.40. The summed E-state index contributed by atoms with van der Waals surface area (Å²) in [4.78, 5) is 1.89. The van der Waals surface area contributed by atoms with Gasteiger partial charge in [0.15, 0.2) is 5.72 Å². The molecule has 1 aliphatic rings. The van der Waals surface area contributed by atoms with Gasteiger partial charge in [-0.15, -0.1) is 0 Å². The van der Waals surface area contributed by atoms with Crippen molar-refractivity contribution in [3.63, 3.8) is 0 Å². The Balaban J connectivity index is 1.87. The zero-order valence-corrected chi connectivity index (χ0v) is 13.9. The zero-order valence-electron chi connectivity index (χ0n) is 12.2. The summed E-state index contributed by atoms with van der Waals surface area (Å²) in [7, 11) is 1.65. The minimum absolute atomic E-state index is 0.548. The van der Waals surface area contributed by atoms with E-state index in [1.807, 2.05) is 59.5 Å².